The Labute approximate surface area is 125 Å². The second kappa shape index (κ2) is 6.60. The Morgan fingerprint density at radius 3 is 2.71 bits per heavy atom. The van der Waals surface area contributed by atoms with E-state index in [-0.39, 0.29) is 17.2 Å². The molecule has 0 aromatic heterocycles. The van der Waals surface area contributed by atoms with Crippen molar-refractivity contribution in [1.29, 1.82) is 0 Å². The molecule has 1 amide bonds. The van der Waals surface area contributed by atoms with Crippen molar-refractivity contribution in [3.63, 3.8) is 0 Å². The van der Waals surface area contributed by atoms with Gasteiger partial charge in [-0.05, 0) is 30.4 Å². The lowest BCUT2D eigenvalue weighted by Crippen LogP contribution is -2.33. The number of nitrogens with zero attached hydrogens (tertiary/aromatic N) is 1. The molecule has 1 fully saturated rings. The van der Waals surface area contributed by atoms with Gasteiger partial charge in [-0.2, -0.15) is 24.9 Å². The summed E-state index contributed by atoms with van der Waals surface area (Å²) in [5, 5.41) is 2.51. The molecule has 0 unspecified atom stereocenters. The first-order valence-corrected chi connectivity index (χ1v) is 7.85. The number of rotatable bonds is 2. The average molecular weight is 318 g/mol. The molecule has 1 aromatic rings. The molecule has 0 saturated carbocycles. The van der Waals surface area contributed by atoms with Crippen molar-refractivity contribution in [2.24, 2.45) is 0 Å². The van der Waals surface area contributed by atoms with Crippen molar-refractivity contribution >= 4 is 23.4 Å². The summed E-state index contributed by atoms with van der Waals surface area (Å²) in [6, 6.07) is 3.69. The molecule has 116 valence electrons. The fourth-order valence-electron chi connectivity index (χ4n) is 2.26. The molecule has 3 nitrogen and oxygen atoms in total. The van der Waals surface area contributed by atoms with Gasteiger partial charge in [0, 0.05) is 37.1 Å². The first-order valence-electron chi connectivity index (χ1n) is 6.69. The Hall–Kier alpha value is -1.37. The number of amides is 1. The summed E-state index contributed by atoms with van der Waals surface area (Å²) >= 11 is 1.76. The Bertz CT molecular complexity index is 511. The van der Waals surface area contributed by atoms with E-state index in [9.17, 15) is 18.0 Å². The van der Waals surface area contributed by atoms with Crippen LogP contribution in [0.5, 0.6) is 0 Å². The minimum absolute atomic E-state index is 0.0227. The molecule has 2 rings (SSSR count). The van der Waals surface area contributed by atoms with Crippen LogP contribution in [0.3, 0.4) is 0 Å². The highest BCUT2D eigenvalue weighted by atomic mass is 32.2. The monoisotopic (exact) mass is 318 g/mol. The van der Waals surface area contributed by atoms with Crippen LogP contribution in [0.2, 0.25) is 0 Å². The molecule has 1 aliphatic heterocycles. The van der Waals surface area contributed by atoms with Gasteiger partial charge in [0.2, 0.25) is 0 Å². The normalized spacial score (nSPS) is 16.5. The second-order valence-corrected chi connectivity index (χ2v) is 5.99. The highest BCUT2D eigenvalue weighted by Gasteiger charge is 2.34. The van der Waals surface area contributed by atoms with Crippen LogP contribution in [0.4, 0.5) is 18.9 Å². The average Bonchev–Trinajstić information content (AvgIpc) is 2.74. The van der Waals surface area contributed by atoms with Crippen molar-refractivity contribution in [3.8, 4) is 0 Å². The first-order chi connectivity index (χ1) is 9.93. The van der Waals surface area contributed by atoms with Crippen molar-refractivity contribution in [2.45, 2.75) is 12.6 Å². The summed E-state index contributed by atoms with van der Waals surface area (Å²) in [6.45, 7) is 1.18. The van der Waals surface area contributed by atoms with Crippen LogP contribution in [-0.4, -0.2) is 42.4 Å². The minimum atomic E-state index is -4.48. The third kappa shape index (κ3) is 3.84. The number of carbonyl (C=O) groups excluding carboxylic acids is 1. The second-order valence-electron chi connectivity index (χ2n) is 4.77. The fraction of sp³-hybridized carbons (Fsp3) is 0.500. The highest BCUT2D eigenvalue weighted by Crippen LogP contribution is 2.35. The maximum Gasteiger partial charge on any atom is 0.418 e. The molecule has 0 radical (unpaired) electrons. The lowest BCUT2D eigenvalue weighted by molar-refractivity contribution is -0.136. The maximum atomic E-state index is 13.0. The Balaban J connectivity index is 2.29. The largest absolute Gasteiger partial charge is 0.418 e. The van der Waals surface area contributed by atoms with E-state index in [1.165, 1.54) is 19.2 Å². The third-order valence-electron chi connectivity index (χ3n) is 3.35. The summed E-state index contributed by atoms with van der Waals surface area (Å²) in [4.78, 5) is 14.0. The zero-order chi connectivity index (χ0) is 15.5. The van der Waals surface area contributed by atoms with E-state index in [4.69, 9.17) is 0 Å². The van der Waals surface area contributed by atoms with Crippen LogP contribution in [0.25, 0.3) is 0 Å². The molecular formula is C14H17F3N2OS. The maximum absolute atomic E-state index is 13.0. The molecule has 0 atom stereocenters. The predicted molar refractivity (Wildman–Crippen MR) is 78.8 cm³/mol. The SMILES string of the molecule is CNc1ccc(C(=O)N2CCCSCC2)cc1C(F)(F)F. The number of halogens is 3. The van der Waals surface area contributed by atoms with Crippen LogP contribution >= 0.6 is 11.8 Å². The molecule has 0 bridgehead atoms. The van der Waals surface area contributed by atoms with Crippen LogP contribution in [0.15, 0.2) is 18.2 Å². The molecule has 1 saturated heterocycles. The molecule has 21 heavy (non-hydrogen) atoms. The first kappa shape index (κ1) is 16.0. The van der Waals surface area contributed by atoms with Gasteiger partial charge >= 0.3 is 6.18 Å². The molecule has 0 spiro atoms. The van der Waals surface area contributed by atoms with E-state index in [2.05, 4.69) is 5.32 Å². The zero-order valence-corrected chi connectivity index (χ0v) is 12.5. The number of thioether (sulfide) groups is 1. The fourth-order valence-corrected chi connectivity index (χ4v) is 3.15. The van der Waals surface area contributed by atoms with Crippen molar-refractivity contribution < 1.29 is 18.0 Å². The predicted octanol–water partition coefficient (Wildman–Crippen LogP) is 3.33. The van der Waals surface area contributed by atoms with Gasteiger partial charge in [-0.15, -0.1) is 0 Å². The number of hydrogen-bond acceptors (Lipinski definition) is 3. The Morgan fingerprint density at radius 1 is 1.29 bits per heavy atom. The Morgan fingerprint density at radius 2 is 2.05 bits per heavy atom. The summed E-state index contributed by atoms with van der Waals surface area (Å²) in [5.41, 5.74) is -0.737. The van der Waals surface area contributed by atoms with Gasteiger partial charge in [0.05, 0.1) is 5.56 Å². The van der Waals surface area contributed by atoms with E-state index >= 15 is 0 Å². The number of benzene rings is 1. The molecular weight excluding hydrogens is 301 g/mol. The molecule has 7 heteroatoms. The van der Waals surface area contributed by atoms with Gasteiger partial charge in [-0.3, -0.25) is 4.79 Å². The summed E-state index contributed by atoms with van der Waals surface area (Å²) in [6.07, 6.45) is -3.61. The summed E-state index contributed by atoms with van der Waals surface area (Å²) in [7, 11) is 1.43. The molecule has 1 aromatic carbocycles. The van der Waals surface area contributed by atoms with Crippen LogP contribution in [-0.2, 0) is 6.18 Å². The number of anilines is 1. The van der Waals surface area contributed by atoms with Crippen LogP contribution < -0.4 is 5.32 Å². The zero-order valence-electron chi connectivity index (χ0n) is 11.7. The number of alkyl halides is 3. The highest BCUT2D eigenvalue weighted by molar-refractivity contribution is 7.99. The molecule has 0 aliphatic carbocycles. The van der Waals surface area contributed by atoms with E-state index < -0.39 is 11.7 Å². The van der Waals surface area contributed by atoms with Crippen LogP contribution in [0, 0.1) is 0 Å². The van der Waals surface area contributed by atoms with Crippen molar-refractivity contribution in [1.82, 2.24) is 4.90 Å². The van der Waals surface area contributed by atoms with E-state index in [1.807, 2.05) is 0 Å². The lowest BCUT2D eigenvalue weighted by atomic mass is 10.1. The van der Waals surface area contributed by atoms with Gasteiger partial charge < -0.3 is 10.2 Å². The van der Waals surface area contributed by atoms with Gasteiger partial charge in [0.15, 0.2) is 0 Å². The number of carbonyl (C=O) groups is 1. The number of nitrogens with one attached hydrogen (secondary N) is 1. The Kier molecular flexibility index (Phi) is 5.03. The summed E-state index contributed by atoms with van der Waals surface area (Å²) < 4.78 is 39.1. The van der Waals surface area contributed by atoms with Gasteiger partial charge in [0.1, 0.15) is 0 Å². The summed E-state index contributed by atoms with van der Waals surface area (Å²) in [5.74, 6) is 1.48. The van der Waals surface area contributed by atoms with Crippen molar-refractivity contribution in [3.05, 3.63) is 29.3 Å². The lowest BCUT2D eigenvalue weighted by Gasteiger charge is -2.21. The third-order valence-corrected chi connectivity index (χ3v) is 4.40. The molecule has 1 aliphatic rings. The van der Waals surface area contributed by atoms with Crippen LogP contribution in [0.1, 0.15) is 22.3 Å². The number of hydrogen-bond donors (Lipinski definition) is 1. The smallest absolute Gasteiger partial charge is 0.388 e. The van der Waals surface area contributed by atoms with Crippen molar-refractivity contribution in [2.75, 3.05) is 37.0 Å². The standard InChI is InChI=1S/C14H17F3N2OS/c1-18-12-4-3-10(9-11(12)14(15,16)17)13(20)19-5-2-7-21-8-6-19/h3-4,9,18H,2,5-8H2,1H3. The molecule has 1 heterocycles. The quantitative estimate of drug-likeness (QED) is 0.908. The van der Waals surface area contributed by atoms with Gasteiger partial charge in [-0.25, -0.2) is 0 Å². The topological polar surface area (TPSA) is 32.3 Å². The minimum Gasteiger partial charge on any atom is -0.388 e. The molecule has 1 N–H and O–H groups in total. The van der Waals surface area contributed by atoms with E-state index in [0.29, 0.717) is 13.1 Å². The van der Waals surface area contributed by atoms with E-state index in [1.54, 1.807) is 16.7 Å². The van der Waals surface area contributed by atoms with E-state index in [0.717, 1.165) is 24.0 Å². The van der Waals surface area contributed by atoms with Gasteiger partial charge in [0.25, 0.3) is 5.91 Å². The van der Waals surface area contributed by atoms with Gasteiger partial charge in [-0.1, -0.05) is 0 Å².